The smallest absolute Gasteiger partial charge is 0.272 e. The van der Waals surface area contributed by atoms with Gasteiger partial charge in [-0.3, -0.25) is 9.48 Å². The van der Waals surface area contributed by atoms with Crippen LogP contribution in [0.1, 0.15) is 10.5 Å². The van der Waals surface area contributed by atoms with E-state index in [0.717, 1.165) is 11.4 Å². The summed E-state index contributed by atoms with van der Waals surface area (Å²) >= 11 is 0. The second-order valence-electron chi connectivity index (χ2n) is 7.40. The maximum atomic E-state index is 13.2. The van der Waals surface area contributed by atoms with Crippen molar-refractivity contribution in [2.75, 3.05) is 31.1 Å². The van der Waals surface area contributed by atoms with Crippen molar-refractivity contribution in [2.24, 2.45) is 7.05 Å². The molecular formula is C21H20FN9O. The SMILES string of the molecule is Cn1nc(-c2ccc(F)cc2)cc1C(=O)N1CCN(c2cc(-n3cncn3)ncn2)CC1. The van der Waals surface area contributed by atoms with Gasteiger partial charge in [0, 0.05) is 44.9 Å². The standard InChI is InChI=1S/C21H20FN9O/c1-28-18(10-17(27-28)15-2-4-16(22)5-3-15)21(32)30-8-6-29(7-9-30)19-11-20(25-13-24-19)31-14-23-12-26-31/h2-5,10-14H,6-9H2,1H3. The zero-order valence-corrected chi connectivity index (χ0v) is 17.3. The Hall–Kier alpha value is -4.15. The van der Waals surface area contributed by atoms with Crippen LogP contribution in [-0.4, -0.2) is 71.5 Å². The van der Waals surface area contributed by atoms with Gasteiger partial charge in [0.2, 0.25) is 0 Å². The molecule has 3 aromatic heterocycles. The Bertz CT molecular complexity index is 1230. The molecule has 0 aliphatic carbocycles. The Morgan fingerprint density at radius 3 is 2.44 bits per heavy atom. The number of carbonyl (C=O) groups excluding carboxylic acids is 1. The Morgan fingerprint density at radius 2 is 1.72 bits per heavy atom. The molecule has 0 atom stereocenters. The molecule has 1 aliphatic heterocycles. The third-order valence-corrected chi connectivity index (χ3v) is 5.42. The maximum Gasteiger partial charge on any atom is 0.272 e. The number of piperazine rings is 1. The molecule has 1 aliphatic rings. The van der Waals surface area contributed by atoms with Gasteiger partial charge in [-0.1, -0.05) is 0 Å². The number of aromatic nitrogens is 7. The highest BCUT2D eigenvalue weighted by atomic mass is 19.1. The molecule has 10 nitrogen and oxygen atoms in total. The number of benzene rings is 1. The number of amides is 1. The number of rotatable bonds is 4. The van der Waals surface area contributed by atoms with Crippen LogP contribution in [0.25, 0.3) is 17.1 Å². The summed E-state index contributed by atoms with van der Waals surface area (Å²) < 4.78 is 16.3. The molecule has 0 spiro atoms. The first-order chi connectivity index (χ1) is 15.6. The van der Waals surface area contributed by atoms with Gasteiger partial charge in [-0.2, -0.15) is 10.2 Å². The van der Waals surface area contributed by atoms with E-state index in [1.54, 1.807) is 40.9 Å². The summed E-state index contributed by atoms with van der Waals surface area (Å²) in [5, 5.41) is 8.52. The largest absolute Gasteiger partial charge is 0.353 e. The van der Waals surface area contributed by atoms with Crippen LogP contribution in [0.4, 0.5) is 10.2 Å². The third kappa shape index (κ3) is 3.80. The molecule has 5 rings (SSSR count). The van der Waals surface area contributed by atoms with Gasteiger partial charge in [-0.15, -0.1) is 0 Å². The van der Waals surface area contributed by atoms with Crippen molar-refractivity contribution in [3.8, 4) is 17.1 Å². The maximum absolute atomic E-state index is 13.2. The van der Waals surface area contributed by atoms with Crippen LogP contribution in [0.3, 0.4) is 0 Å². The van der Waals surface area contributed by atoms with E-state index >= 15 is 0 Å². The van der Waals surface area contributed by atoms with Crippen LogP contribution in [-0.2, 0) is 7.05 Å². The molecule has 1 amide bonds. The van der Waals surface area contributed by atoms with Gasteiger partial charge in [-0.25, -0.2) is 24.0 Å². The van der Waals surface area contributed by atoms with Crippen molar-refractivity contribution < 1.29 is 9.18 Å². The molecule has 0 N–H and O–H groups in total. The lowest BCUT2D eigenvalue weighted by Gasteiger charge is -2.35. The quantitative estimate of drug-likeness (QED) is 0.482. The van der Waals surface area contributed by atoms with E-state index in [4.69, 9.17) is 0 Å². The molecule has 1 saturated heterocycles. The van der Waals surface area contributed by atoms with E-state index in [1.165, 1.54) is 24.8 Å². The Morgan fingerprint density at radius 1 is 0.969 bits per heavy atom. The van der Waals surface area contributed by atoms with E-state index in [9.17, 15) is 9.18 Å². The lowest BCUT2D eigenvalue weighted by molar-refractivity contribution is 0.0735. The molecule has 0 unspecified atom stereocenters. The van der Waals surface area contributed by atoms with E-state index in [1.807, 2.05) is 11.0 Å². The molecule has 1 aromatic carbocycles. The van der Waals surface area contributed by atoms with Gasteiger partial charge in [0.15, 0.2) is 5.82 Å². The summed E-state index contributed by atoms with van der Waals surface area (Å²) in [6, 6.07) is 9.66. The van der Waals surface area contributed by atoms with Crippen molar-refractivity contribution in [3.05, 3.63) is 66.9 Å². The number of hydrogen-bond acceptors (Lipinski definition) is 7. The van der Waals surface area contributed by atoms with Gasteiger partial charge in [0.1, 0.15) is 36.3 Å². The summed E-state index contributed by atoms with van der Waals surface area (Å²) in [4.78, 5) is 29.6. The van der Waals surface area contributed by atoms with Gasteiger partial charge in [0.05, 0.1) is 5.69 Å². The van der Waals surface area contributed by atoms with Gasteiger partial charge in [-0.05, 0) is 30.3 Å². The highest BCUT2D eigenvalue weighted by molar-refractivity contribution is 5.94. The van der Waals surface area contributed by atoms with E-state index in [-0.39, 0.29) is 11.7 Å². The van der Waals surface area contributed by atoms with Gasteiger partial charge >= 0.3 is 0 Å². The molecule has 11 heteroatoms. The Balaban J connectivity index is 1.27. The first-order valence-electron chi connectivity index (χ1n) is 10.1. The normalized spacial score (nSPS) is 14.1. The molecule has 0 radical (unpaired) electrons. The molecule has 0 saturated carbocycles. The van der Waals surface area contributed by atoms with Crippen LogP contribution in [0.2, 0.25) is 0 Å². The number of carbonyl (C=O) groups is 1. The van der Waals surface area contributed by atoms with Crippen molar-refractivity contribution in [3.63, 3.8) is 0 Å². The van der Waals surface area contributed by atoms with E-state index in [2.05, 4.69) is 30.0 Å². The number of anilines is 1. The van der Waals surface area contributed by atoms with Gasteiger partial charge in [0.25, 0.3) is 5.91 Å². The lowest BCUT2D eigenvalue weighted by atomic mass is 10.1. The highest BCUT2D eigenvalue weighted by Crippen LogP contribution is 2.21. The number of aryl methyl sites for hydroxylation is 1. The summed E-state index contributed by atoms with van der Waals surface area (Å²) in [5.74, 6) is 1.01. The van der Waals surface area contributed by atoms with E-state index in [0.29, 0.717) is 43.4 Å². The summed E-state index contributed by atoms with van der Waals surface area (Å²) in [7, 11) is 1.74. The molecule has 162 valence electrons. The minimum Gasteiger partial charge on any atom is -0.353 e. The van der Waals surface area contributed by atoms with Crippen LogP contribution >= 0.6 is 0 Å². The highest BCUT2D eigenvalue weighted by Gasteiger charge is 2.25. The average molecular weight is 433 g/mol. The second-order valence-corrected chi connectivity index (χ2v) is 7.40. The number of nitrogens with zero attached hydrogens (tertiary/aromatic N) is 9. The summed E-state index contributed by atoms with van der Waals surface area (Å²) in [6.45, 7) is 2.39. The Labute approximate surface area is 183 Å². The number of halogens is 1. The van der Waals surface area contributed by atoms with Gasteiger partial charge < -0.3 is 9.80 Å². The fourth-order valence-electron chi connectivity index (χ4n) is 3.69. The second kappa shape index (κ2) is 8.17. The molecule has 0 bridgehead atoms. The van der Waals surface area contributed by atoms with Crippen molar-refractivity contribution in [1.82, 2.24) is 39.4 Å². The molecule has 32 heavy (non-hydrogen) atoms. The average Bonchev–Trinajstić information content (AvgIpc) is 3.50. The van der Waals surface area contributed by atoms with Crippen molar-refractivity contribution in [1.29, 1.82) is 0 Å². The van der Waals surface area contributed by atoms with Crippen molar-refractivity contribution in [2.45, 2.75) is 0 Å². The minimum atomic E-state index is -0.309. The summed E-state index contributed by atoms with van der Waals surface area (Å²) in [5.41, 5.74) is 1.89. The minimum absolute atomic E-state index is 0.0843. The molecule has 1 fully saturated rings. The van der Waals surface area contributed by atoms with Crippen LogP contribution in [0, 0.1) is 5.82 Å². The van der Waals surface area contributed by atoms with E-state index < -0.39 is 0 Å². The molecular weight excluding hydrogens is 413 g/mol. The predicted molar refractivity (Wildman–Crippen MR) is 114 cm³/mol. The Kier molecular flexibility index (Phi) is 5.06. The monoisotopic (exact) mass is 433 g/mol. The zero-order chi connectivity index (χ0) is 22.1. The molecule has 4 heterocycles. The first kappa shape index (κ1) is 19.8. The van der Waals surface area contributed by atoms with Crippen LogP contribution in [0.15, 0.2) is 55.4 Å². The van der Waals surface area contributed by atoms with Crippen LogP contribution in [0.5, 0.6) is 0 Å². The zero-order valence-electron chi connectivity index (χ0n) is 17.3. The molecule has 4 aromatic rings. The third-order valence-electron chi connectivity index (χ3n) is 5.42. The summed E-state index contributed by atoms with van der Waals surface area (Å²) in [6.07, 6.45) is 4.53. The van der Waals surface area contributed by atoms with Crippen LogP contribution < -0.4 is 4.90 Å². The predicted octanol–water partition coefficient (Wildman–Crippen LogP) is 1.56. The fraction of sp³-hybridized carbons (Fsp3) is 0.238. The first-order valence-corrected chi connectivity index (χ1v) is 10.1. The lowest BCUT2D eigenvalue weighted by Crippen LogP contribution is -2.49. The number of hydrogen-bond donors (Lipinski definition) is 0. The fourth-order valence-corrected chi connectivity index (χ4v) is 3.69. The van der Waals surface area contributed by atoms with Crippen molar-refractivity contribution >= 4 is 11.7 Å². The topological polar surface area (TPSA) is 97.9 Å².